The lowest BCUT2D eigenvalue weighted by molar-refractivity contribution is 0.183. The molecule has 1 aliphatic carbocycles. The molecule has 0 saturated heterocycles. The third kappa shape index (κ3) is 2.26. The summed E-state index contributed by atoms with van der Waals surface area (Å²) in [7, 11) is 1.69. The molecule has 0 aromatic heterocycles. The Morgan fingerprint density at radius 2 is 2.43 bits per heavy atom. The lowest BCUT2D eigenvalue weighted by atomic mass is 9.86. The molecule has 1 fully saturated rings. The summed E-state index contributed by atoms with van der Waals surface area (Å²) in [6.07, 6.45) is 4.44. The Morgan fingerprint density at radius 3 is 3.00 bits per heavy atom. The molecule has 3 nitrogen and oxygen atoms in total. The van der Waals surface area contributed by atoms with Crippen LogP contribution in [0.15, 0.2) is 0 Å². The molecule has 0 amide bonds. The summed E-state index contributed by atoms with van der Waals surface area (Å²) in [5, 5.41) is 12.6. The molecule has 3 heteroatoms. The minimum absolute atomic E-state index is 0.271. The Kier molecular flexibility index (Phi) is 4.37. The first kappa shape index (κ1) is 11.5. The monoisotopic (exact) mass is 196 g/mol. The molecule has 0 aromatic carbocycles. The smallest absolute Gasteiger partial charge is 0.109 e. The van der Waals surface area contributed by atoms with Crippen LogP contribution in [-0.2, 0) is 4.74 Å². The van der Waals surface area contributed by atoms with E-state index in [1.54, 1.807) is 7.11 Å². The van der Waals surface area contributed by atoms with E-state index in [9.17, 15) is 5.26 Å². The van der Waals surface area contributed by atoms with Crippen LogP contribution in [0.25, 0.3) is 0 Å². The summed E-state index contributed by atoms with van der Waals surface area (Å²) in [5.41, 5.74) is -0.271. The summed E-state index contributed by atoms with van der Waals surface area (Å²) >= 11 is 0. The van der Waals surface area contributed by atoms with Crippen LogP contribution in [0.3, 0.4) is 0 Å². The fourth-order valence-electron chi connectivity index (χ4n) is 2.43. The molecule has 1 rings (SSSR count). The number of nitriles is 1. The van der Waals surface area contributed by atoms with E-state index in [-0.39, 0.29) is 5.54 Å². The van der Waals surface area contributed by atoms with Crippen LogP contribution in [0.5, 0.6) is 0 Å². The lowest BCUT2D eigenvalue weighted by Gasteiger charge is -2.29. The maximum absolute atomic E-state index is 9.26. The molecule has 2 atom stereocenters. The maximum atomic E-state index is 9.26. The number of hydrogen-bond acceptors (Lipinski definition) is 3. The predicted molar refractivity (Wildman–Crippen MR) is 55.9 cm³/mol. The first-order valence-electron chi connectivity index (χ1n) is 5.44. The lowest BCUT2D eigenvalue weighted by Crippen LogP contribution is -2.48. The highest BCUT2D eigenvalue weighted by Gasteiger charge is 2.41. The van der Waals surface area contributed by atoms with Crippen LogP contribution in [0, 0.1) is 17.2 Å². The molecule has 2 unspecified atom stereocenters. The number of nitrogens with one attached hydrogen (secondary N) is 1. The molecule has 0 radical (unpaired) electrons. The molecule has 80 valence electrons. The van der Waals surface area contributed by atoms with Crippen molar-refractivity contribution in [2.45, 2.75) is 38.1 Å². The van der Waals surface area contributed by atoms with Crippen LogP contribution in [0.1, 0.15) is 32.6 Å². The van der Waals surface area contributed by atoms with Gasteiger partial charge in [0.25, 0.3) is 0 Å². The van der Waals surface area contributed by atoms with Gasteiger partial charge in [-0.25, -0.2) is 0 Å². The second-order valence-electron chi connectivity index (χ2n) is 4.00. The minimum atomic E-state index is -0.271. The Labute approximate surface area is 86.4 Å². The van der Waals surface area contributed by atoms with Gasteiger partial charge in [-0.15, -0.1) is 0 Å². The van der Waals surface area contributed by atoms with Gasteiger partial charge in [0.2, 0.25) is 0 Å². The van der Waals surface area contributed by atoms with Crippen LogP contribution in [0.2, 0.25) is 0 Å². The summed E-state index contributed by atoms with van der Waals surface area (Å²) in [6.45, 7) is 3.63. The van der Waals surface area contributed by atoms with Crippen molar-refractivity contribution < 1.29 is 4.74 Å². The summed E-state index contributed by atoms with van der Waals surface area (Å²) in [5.74, 6) is 0.518. The van der Waals surface area contributed by atoms with Crippen molar-refractivity contribution in [3.63, 3.8) is 0 Å². The molecule has 0 spiro atoms. The van der Waals surface area contributed by atoms with Crippen molar-refractivity contribution in [2.24, 2.45) is 5.92 Å². The molecule has 0 bridgehead atoms. The van der Waals surface area contributed by atoms with Gasteiger partial charge in [-0.2, -0.15) is 5.26 Å². The number of ether oxygens (including phenoxy) is 1. The van der Waals surface area contributed by atoms with E-state index in [2.05, 4.69) is 18.3 Å². The van der Waals surface area contributed by atoms with Crippen molar-refractivity contribution in [1.82, 2.24) is 5.32 Å². The van der Waals surface area contributed by atoms with E-state index >= 15 is 0 Å². The van der Waals surface area contributed by atoms with E-state index in [0.717, 1.165) is 19.4 Å². The van der Waals surface area contributed by atoms with Gasteiger partial charge in [-0.1, -0.05) is 19.8 Å². The fourth-order valence-corrected chi connectivity index (χ4v) is 2.43. The van der Waals surface area contributed by atoms with Crippen LogP contribution in [-0.4, -0.2) is 25.8 Å². The van der Waals surface area contributed by atoms with Gasteiger partial charge in [-0.3, -0.25) is 5.32 Å². The van der Waals surface area contributed by atoms with E-state index in [4.69, 9.17) is 4.74 Å². The van der Waals surface area contributed by atoms with Gasteiger partial charge in [-0.05, 0) is 18.8 Å². The zero-order valence-corrected chi connectivity index (χ0v) is 9.18. The van der Waals surface area contributed by atoms with Crippen LogP contribution >= 0.6 is 0 Å². The molecule has 1 saturated carbocycles. The quantitative estimate of drug-likeness (QED) is 0.681. The number of nitrogens with zero attached hydrogens (tertiary/aromatic N) is 1. The van der Waals surface area contributed by atoms with E-state index in [1.165, 1.54) is 12.8 Å². The highest BCUT2D eigenvalue weighted by atomic mass is 16.5. The van der Waals surface area contributed by atoms with Gasteiger partial charge in [0, 0.05) is 13.7 Å². The molecule has 0 heterocycles. The normalized spacial score (nSPS) is 31.6. The summed E-state index contributed by atoms with van der Waals surface area (Å²) in [6, 6.07) is 2.47. The minimum Gasteiger partial charge on any atom is -0.383 e. The van der Waals surface area contributed by atoms with Gasteiger partial charge in [0.15, 0.2) is 0 Å². The SMILES string of the molecule is CCC1CCCC1(C#N)NCCOC. The summed E-state index contributed by atoms with van der Waals surface area (Å²) < 4.78 is 4.99. The topological polar surface area (TPSA) is 45.0 Å². The second kappa shape index (κ2) is 5.33. The third-order valence-electron chi connectivity index (χ3n) is 3.26. The van der Waals surface area contributed by atoms with E-state index < -0.39 is 0 Å². The zero-order chi connectivity index (χ0) is 10.4. The maximum Gasteiger partial charge on any atom is 0.109 e. The highest BCUT2D eigenvalue weighted by Crippen LogP contribution is 2.37. The number of hydrogen-bond donors (Lipinski definition) is 1. The molecule has 1 aliphatic rings. The molecule has 1 N–H and O–H groups in total. The zero-order valence-electron chi connectivity index (χ0n) is 9.18. The van der Waals surface area contributed by atoms with Crippen molar-refractivity contribution in [1.29, 1.82) is 5.26 Å². The first-order valence-corrected chi connectivity index (χ1v) is 5.44. The average Bonchev–Trinajstić information content (AvgIpc) is 2.62. The average molecular weight is 196 g/mol. The van der Waals surface area contributed by atoms with Crippen LogP contribution < -0.4 is 5.32 Å². The van der Waals surface area contributed by atoms with E-state index in [1.807, 2.05) is 0 Å². The fraction of sp³-hybridized carbons (Fsp3) is 0.909. The van der Waals surface area contributed by atoms with Gasteiger partial charge in [0.05, 0.1) is 12.7 Å². The van der Waals surface area contributed by atoms with Crippen LogP contribution in [0.4, 0.5) is 0 Å². The Bertz CT molecular complexity index is 212. The standard InChI is InChI=1S/C11H20N2O/c1-3-10-5-4-6-11(10,9-12)13-7-8-14-2/h10,13H,3-8H2,1-2H3. The Hall–Kier alpha value is -0.590. The largest absolute Gasteiger partial charge is 0.383 e. The molecule has 14 heavy (non-hydrogen) atoms. The molecule has 0 aromatic rings. The molecule has 0 aliphatic heterocycles. The Morgan fingerprint density at radius 1 is 1.64 bits per heavy atom. The number of methoxy groups -OCH3 is 1. The van der Waals surface area contributed by atoms with Gasteiger partial charge in [0.1, 0.15) is 5.54 Å². The van der Waals surface area contributed by atoms with Crippen molar-refractivity contribution in [3.05, 3.63) is 0 Å². The number of rotatable bonds is 5. The highest BCUT2D eigenvalue weighted by molar-refractivity contribution is 5.13. The third-order valence-corrected chi connectivity index (χ3v) is 3.26. The van der Waals surface area contributed by atoms with Gasteiger partial charge >= 0.3 is 0 Å². The van der Waals surface area contributed by atoms with Gasteiger partial charge < -0.3 is 4.74 Å². The first-order chi connectivity index (χ1) is 6.79. The molecular formula is C11H20N2O. The predicted octanol–water partition coefficient (Wildman–Crippen LogP) is 1.69. The molecular weight excluding hydrogens is 176 g/mol. The summed E-state index contributed by atoms with van der Waals surface area (Å²) in [4.78, 5) is 0. The second-order valence-corrected chi connectivity index (χ2v) is 4.00. The van der Waals surface area contributed by atoms with E-state index in [0.29, 0.717) is 12.5 Å². The van der Waals surface area contributed by atoms with Crippen molar-refractivity contribution in [3.8, 4) is 6.07 Å². The van der Waals surface area contributed by atoms with Crippen molar-refractivity contribution in [2.75, 3.05) is 20.3 Å². The van der Waals surface area contributed by atoms with Crippen molar-refractivity contribution >= 4 is 0 Å². The Balaban J connectivity index is 2.52.